The third-order valence-corrected chi connectivity index (χ3v) is 3.18. The van der Waals surface area contributed by atoms with Crippen LogP contribution in [0.3, 0.4) is 0 Å². The van der Waals surface area contributed by atoms with Gasteiger partial charge in [-0.25, -0.2) is 0 Å². The minimum Gasteiger partial charge on any atom is -0.0813 e. The molecule has 0 spiro atoms. The smallest absolute Gasteiger partial charge is 0.00203 e. The lowest BCUT2D eigenvalue weighted by Crippen LogP contribution is -2.17. The molecule has 66 valence electrons. The summed E-state index contributed by atoms with van der Waals surface area (Å²) < 4.78 is 0. The van der Waals surface area contributed by atoms with Gasteiger partial charge in [-0.15, -0.1) is 0 Å². The summed E-state index contributed by atoms with van der Waals surface area (Å²) in [5, 5.41) is 0. The minimum absolute atomic E-state index is 0.685. The van der Waals surface area contributed by atoms with Gasteiger partial charge in [0.2, 0.25) is 0 Å². The third-order valence-electron chi connectivity index (χ3n) is 3.18. The quantitative estimate of drug-likeness (QED) is 0.478. The van der Waals surface area contributed by atoms with E-state index in [2.05, 4.69) is 32.1 Å². The Morgan fingerprint density at radius 3 is 2.92 bits per heavy atom. The van der Waals surface area contributed by atoms with Gasteiger partial charge in [0.05, 0.1) is 0 Å². The molecular weight excluding hydrogens is 144 g/mol. The first-order valence-electron chi connectivity index (χ1n) is 5.14. The highest BCUT2D eigenvalue weighted by atomic mass is 14.3. The molecule has 3 unspecified atom stereocenters. The Labute approximate surface area is 75.4 Å². The van der Waals surface area contributed by atoms with Gasteiger partial charge in [-0.2, -0.15) is 0 Å². The van der Waals surface area contributed by atoms with Crippen LogP contribution in [0.15, 0.2) is 23.8 Å². The zero-order valence-electron chi connectivity index (χ0n) is 8.09. The van der Waals surface area contributed by atoms with Crippen molar-refractivity contribution in [3.05, 3.63) is 23.8 Å². The SMILES string of the molecule is CC1C=CC2CC(C)CCC2=C1. The van der Waals surface area contributed by atoms with Crippen molar-refractivity contribution in [1.29, 1.82) is 0 Å². The highest BCUT2D eigenvalue weighted by molar-refractivity contribution is 5.23. The van der Waals surface area contributed by atoms with Crippen LogP contribution in [0.1, 0.15) is 33.1 Å². The molecule has 0 heterocycles. The maximum Gasteiger partial charge on any atom is -0.00203 e. The van der Waals surface area contributed by atoms with Gasteiger partial charge in [-0.3, -0.25) is 0 Å². The summed E-state index contributed by atoms with van der Waals surface area (Å²) in [5.41, 5.74) is 1.71. The lowest BCUT2D eigenvalue weighted by Gasteiger charge is -2.30. The molecule has 0 aliphatic heterocycles. The molecule has 0 radical (unpaired) electrons. The Morgan fingerprint density at radius 1 is 1.25 bits per heavy atom. The van der Waals surface area contributed by atoms with Gasteiger partial charge in [0, 0.05) is 0 Å². The summed E-state index contributed by atoms with van der Waals surface area (Å²) in [5.74, 6) is 2.42. The van der Waals surface area contributed by atoms with Gasteiger partial charge >= 0.3 is 0 Å². The Morgan fingerprint density at radius 2 is 2.08 bits per heavy atom. The Bertz CT molecular complexity index is 222. The molecule has 3 atom stereocenters. The molecule has 0 bridgehead atoms. The van der Waals surface area contributed by atoms with Crippen molar-refractivity contribution in [2.45, 2.75) is 33.1 Å². The first kappa shape index (κ1) is 8.10. The van der Waals surface area contributed by atoms with Crippen LogP contribution in [0.4, 0.5) is 0 Å². The van der Waals surface area contributed by atoms with Gasteiger partial charge < -0.3 is 0 Å². The van der Waals surface area contributed by atoms with Crippen LogP contribution in [0.5, 0.6) is 0 Å². The molecule has 2 aliphatic carbocycles. The number of hydrogen-bond acceptors (Lipinski definition) is 0. The molecule has 0 aromatic heterocycles. The predicted octanol–water partition coefficient (Wildman–Crippen LogP) is 3.55. The van der Waals surface area contributed by atoms with Crippen LogP contribution in [0, 0.1) is 17.8 Å². The van der Waals surface area contributed by atoms with Crippen LogP contribution >= 0.6 is 0 Å². The zero-order valence-corrected chi connectivity index (χ0v) is 8.09. The van der Waals surface area contributed by atoms with Crippen molar-refractivity contribution >= 4 is 0 Å². The molecule has 0 heteroatoms. The number of hydrogen-bond donors (Lipinski definition) is 0. The van der Waals surface area contributed by atoms with E-state index in [1.54, 1.807) is 5.57 Å². The average molecular weight is 162 g/mol. The summed E-state index contributed by atoms with van der Waals surface area (Å²) in [6, 6.07) is 0. The van der Waals surface area contributed by atoms with Gasteiger partial charge in [-0.05, 0) is 37.0 Å². The van der Waals surface area contributed by atoms with Crippen LogP contribution in [0.25, 0.3) is 0 Å². The summed E-state index contributed by atoms with van der Waals surface area (Å²) in [7, 11) is 0. The van der Waals surface area contributed by atoms with Crippen molar-refractivity contribution in [1.82, 2.24) is 0 Å². The molecule has 1 saturated carbocycles. The molecule has 0 nitrogen and oxygen atoms in total. The number of allylic oxidation sites excluding steroid dienone is 4. The highest BCUT2D eigenvalue weighted by Crippen LogP contribution is 2.37. The van der Waals surface area contributed by atoms with E-state index >= 15 is 0 Å². The predicted molar refractivity (Wildman–Crippen MR) is 52.9 cm³/mol. The second-order valence-corrected chi connectivity index (χ2v) is 4.47. The van der Waals surface area contributed by atoms with Crippen molar-refractivity contribution < 1.29 is 0 Å². The molecule has 0 saturated heterocycles. The lowest BCUT2D eigenvalue weighted by molar-refractivity contribution is 0.387. The zero-order chi connectivity index (χ0) is 8.55. The van der Waals surface area contributed by atoms with Gasteiger partial charge in [0.15, 0.2) is 0 Å². The summed E-state index contributed by atoms with van der Waals surface area (Å²) >= 11 is 0. The minimum atomic E-state index is 0.685. The fourth-order valence-corrected chi connectivity index (χ4v) is 2.41. The van der Waals surface area contributed by atoms with Crippen LogP contribution in [-0.2, 0) is 0 Å². The topological polar surface area (TPSA) is 0 Å². The third kappa shape index (κ3) is 1.48. The van der Waals surface area contributed by atoms with E-state index in [4.69, 9.17) is 0 Å². The van der Waals surface area contributed by atoms with Crippen LogP contribution in [-0.4, -0.2) is 0 Å². The molecule has 0 N–H and O–H groups in total. The van der Waals surface area contributed by atoms with E-state index in [1.807, 2.05) is 0 Å². The monoisotopic (exact) mass is 162 g/mol. The van der Waals surface area contributed by atoms with E-state index < -0.39 is 0 Å². The lowest BCUT2D eigenvalue weighted by atomic mass is 9.75. The second kappa shape index (κ2) is 3.08. The standard InChI is InChI=1S/C12H18/c1-9-3-5-12-8-10(2)4-6-11(12)7-9/h3,5,7,9-10,12H,4,6,8H2,1-2H3. The van der Waals surface area contributed by atoms with Crippen LogP contribution < -0.4 is 0 Å². The van der Waals surface area contributed by atoms with E-state index in [0.29, 0.717) is 5.92 Å². The van der Waals surface area contributed by atoms with E-state index in [-0.39, 0.29) is 0 Å². The van der Waals surface area contributed by atoms with E-state index in [9.17, 15) is 0 Å². The van der Waals surface area contributed by atoms with Crippen molar-refractivity contribution in [2.24, 2.45) is 17.8 Å². The molecule has 1 fully saturated rings. The maximum atomic E-state index is 2.47. The average Bonchev–Trinajstić information content (AvgIpc) is 2.05. The first-order valence-corrected chi connectivity index (χ1v) is 5.14. The van der Waals surface area contributed by atoms with E-state index in [1.165, 1.54) is 19.3 Å². The van der Waals surface area contributed by atoms with E-state index in [0.717, 1.165) is 11.8 Å². The van der Waals surface area contributed by atoms with Crippen LogP contribution in [0.2, 0.25) is 0 Å². The van der Waals surface area contributed by atoms with Gasteiger partial charge in [-0.1, -0.05) is 37.6 Å². The van der Waals surface area contributed by atoms with Crippen molar-refractivity contribution in [2.75, 3.05) is 0 Å². The fraction of sp³-hybridized carbons (Fsp3) is 0.667. The molecule has 2 rings (SSSR count). The van der Waals surface area contributed by atoms with Crippen molar-refractivity contribution in [3.8, 4) is 0 Å². The number of fused-ring (bicyclic) bond motifs is 1. The molecular formula is C12H18. The molecule has 12 heavy (non-hydrogen) atoms. The maximum absolute atomic E-state index is 2.47. The Hall–Kier alpha value is -0.520. The Kier molecular flexibility index (Phi) is 2.08. The van der Waals surface area contributed by atoms with Crippen molar-refractivity contribution in [3.63, 3.8) is 0 Å². The summed E-state index contributed by atoms with van der Waals surface area (Å²) in [4.78, 5) is 0. The second-order valence-electron chi connectivity index (χ2n) is 4.47. The summed E-state index contributed by atoms with van der Waals surface area (Å²) in [6.45, 7) is 4.65. The summed E-state index contributed by atoms with van der Waals surface area (Å²) in [6.07, 6.45) is 11.4. The van der Waals surface area contributed by atoms with Gasteiger partial charge in [0.1, 0.15) is 0 Å². The fourth-order valence-electron chi connectivity index (χ4n) is 2.41. The largest absolute Gasteiger partial charge is 0.0813 e. The number of rotatable bonds is 0. The molecule has 0 amide bonds. The first-order chi connectivity index (χ1) is 5.75. The molecule has 0 aromatic carbocycles. The molecule has 0 aromatic rings. The van der Waals surface area contributed by atoms with Gasteiger partial charge in [0.25, 0.3) is 0 Å². The Balaban J connectivity index is 2.12. The normalized spacial score (nSPS) is 40.5. The molecule has 2 aliphatic rings. The highest BCUT2D eigenvalue weighted by Gasteiger charge is 2.23.